The predicted octanol–water partition coefficient (Wildman–Crippen LogP) is 15.3. The monoisotopic (exact) mass is 779 g/mol. The van der Waals surface area contributed by atoms with Crippen molar-refractivity contribution in [2.45, 2.75) is 207 Å². The summed E-state index contributed by atoms with van der Waals surface area (Å²) in [4.78, 5) is 25.1. The molecule has 320 valence electrons. The molecule has 0 saturated heterocycles. The van der Waals surface area contributed by atoms with Crippen LogP contribution in [0.4, 0.5) is 0 Å². The first kappa shape index (κ1) is 53.1. The fraction of sp³-hybridized carbons (Fsp3) is 0.686. The number of ether oxygens (including phenoxy) is 3. The van der Waals surface area contributed by atoms with Crippen LogP contribution in [0.1, 0.15) is 201 Å². The van der Waals surface area contributed by atoms with Crippen LogP contribution in [0.5, 0.6) is 0 Å². The average Bonchev–Trinajstić information content (AvgIpc) is 3.20. The van der Waals surface area contributed by atoms with E-state index in [4.69, 9.17) is 14.2 Å². The molecule has 1 unspecified atom stereocenters. The van der Waals surface area contributed by atoms with Crippen molar-refractivity contribution in [1.82, 2.24) is 0 Å². The van der Waals surface area contributed by atoms with Crippen molar-refractivity contribution >= 4 is 11.9 Å². The summed E-state index contributed by atoms with van der Waals surface area (Å²) >= 11 is 0. The Kier molecular flexibility index (Phi) is 44.0. The van der Waals surface area contributed by atoms with Crippen molar-refractivity contribution < 1.29 is 23.8 Å². The summed E-state index contributed by atoms with van der Waals surface area (Å²) in [5.74, 6) is -0.442. The number of hydrogen-bond donors (Lipinski definition) is 0. The lowest BCUT2D eigenvalue weighted by atomic mass is 10.1. The molecule has 0 radical (unpaired) electrons. The van der Waals surface area contributed by atoms with Crippen LogP contribution in [0.25, 0.3) is 0 Å². The molecule has 0 aliphatic carbocycles. The summed E-state index contributed by atoms with van der Waals surface area (Å²) in [7, 11) is 0. The zero-order chi connectivity index (χ0) is 40.7. The predicted molar refractivity (Wildman–Crippen MR) is 242 cm³/mol. The van der Waals surface area contributed by atoms with Gasteiger partial charge in [-0.25, -0.2) is 0 Å². The molecule has 0 bridgehead atoms. The molecule has 56 heavy (non-hydrogen) atoms. The number of unbranched alkanes of at least 4 members (excludes halogenated alkanes) is 16. The lowest BCUT2D eigenvalue weighted by Gasteiger charge is -2.18. The van der Waals surface area contributed by atoms with E-state index in [0.717, 1.165) is 116 Å². The van der Waals surface area contributed by atoms with Gasteiger partial charge in [0.15, 0.2) is 6.10 Å². The number of carbonyl (C=O) groups excluding carboxylic acids is 2. The van der Waals surface area contributed by atoms with E-state index in [1.54, 1.807) is 0 Å². The molecule has 0 rings (SSSR count). The number of hydrogen-bond acceptors (Lipinski definition) is 5. The highest BCUT2D eigenvalue weighted by Gasteiger charge is 2.17. The Hall–Kier alpha value is -2.92. The smallest absolute Gasteiger partial charge is 0.306 e. The number of allylic oxidation sites excluding steroid dienone is 14. The minimum Gasteiger partial charge on any atom is -0.462 e. The molecule has 0 aromatic rings. The van der Waals surface area contributed by atoms with Gasteiger partial charge < -0.3 is 14.2 Å². The van der Waals surface area contributed by atoms with Crippen LogP contribution in [0.3, 0.4) is 0 Å². The second kappa shape index (κ2) is 46.5. The van der Waals surface area contributed by atoms with Gasteiger partial charge >= 0.3 is 11.9 Å². The topological polar surface area (TPSA) is 61.8 Å². The first-order chi connectivity index (χ1) is 27.6. The van der Waals surface area contributed by atoms with Crippen LogP contribution in [-0.4, -0.2) is 37.9 Å². The van der Waals surface area contributed by atoms with Crippen molar-refractivity contribution in [2.75, 3.05) is 19.8 Å². The Morgan fingerprint density at radius 1 is 0.411 bits per heavy atom. The van der Waals surface area contributed by atoms with Crippen LogP contribution in [-0.2, 0) is 23.8 Å². The molecule has 1 atom stereocenters. The number of carbonyl (C=O) groups is 2. The minimum absolute atomic E-state index is 0.0639. The second-order valence-electron chi connectivity index (χ2n) is 14.9. The molecule has 0 saturated carbocycles. The summed E-state index contributed by atoms with van der Waals surface area (Å²) in [5, 5.41) is 0. The quantitative estimate of drug-likeness (QED) is 0.0351. The minimum atomic E-state index is -0.552. The van der Waals surface area contributed by atoms with Crippen LogP contribution >= 0.6 is 0 Å². The highest BCUT2D eigenvalue weighted by atomic mass is 16.6. The Balaban J connectivity index is 4.23. The number of esters is 2. The van der Waals surface area contributed by atoms with Gasteiger partial charge in [-0.2, -0.15) is 0 Å². The standard InChI is InChI=1S/C51H86O5/c1-4-7-10-13-16-18-20-22-24-26-27-29-31-33-36-38-41-44-50(52)55-48-49(56-51(53)45-42-39-35-15-12-9-6-3)47-54-46-43-40-37-34-32-30-28-25-23-21-19-17-14-11-8-5-2/h7-8,10-11,16-19,22-25,27,29,49H,4-6,9,12-15,20-21,26,28,30-48H2,1-3H3/b10-7-,11-8-,18-16-,19-17-,24-22-,25-23-,29-27-. The van der Waals surface area contributed by atoms with E-state index in [0.29, 0.717) is 19.4 Å². The molecule has 0 aliphatic rings. The molecule has 0 aromatic heterocycles. The molecule has 5 nitrogen and oxygen atoms in total. The van der Waals surface area contributed by atoms with Gasteiger partial charge in [0.25, 0.3) is 0 Å². The van der Waals surface area contributed by atoms with Gasteiger partial charge in [0.1, 0.15) is 6.61 Å². The normalized spacial score (nSPS) is 13.0. The first-order valence-electron chi connectivity index (χ1n) is 23.1. The zero-order valence-electron chi connectivity index (χ0n) is 36.6. The summed E-state index contributed by atoms with van der Waals surface area (Å²) < 4.78 is 17.2. The molecule has 5 heteroatoms. The molecule has 0 amide bonds. The summed E-state index contributed by atoms with van der Waals surface area (Å²) in [6.45, 7) is 7.50. The van der Waals surface area contributed by atoms with Gasteiger partial charge in [0, 0.05) is 19.4 Å². The van der Waals surface area contributed by atoms with Crippen LogP contribution in [0.15, 0.2) is 85.1 Å². The SMILES string of the molecule is CC/C=C\C/C=C\C/C=C\C/C=C\CCCCCCC(=O)OCC(COCCCCCCCC/C=C\C/C=C\C/C=C\CC)OC(=O)CCCCCCCCC. The van der Waals surface area contributed by atoms with E-state index in [-0.39, 0.29) is 25.2 Å². The van der Waals surface area contributed by atoms with Crippen molar-refractivity contribution in [3.8, 4) is 0 Å². The van der Waals surface area contributed by atoms with Crippen LogP contribution < -0.4 is 0 Å². The lowest BCUT2D eigenvalue weighted by Crippen LogP contribution is -2.30. The third-order valence-electron chi connectivity index (χ3n) is 9.43. The molecule has 0 heterocycles. The van der Waals surface area contributed by atoms with Crippen molar-refractivity contribution in [3.63, 3.8) is 0 Å². The summed E-state index contributed by atoms with van der Waals surface area (Å²) in [5.41, 5.74) is 0. The first-order valence-corrected chi connectivity index (χ1v) is 23.1. The maximum atomic E-state index is 12.6. The van der Waals surface area contributed by atoms with Gasteiger partial charge in [-0.05, 0) is 89.9 Å². The Bertz CT molecular complexity index is 1060. The van der Waals surface area contributed by atoms with Crippen molar-refractivity contribution in [3.05, 3.63) is 85.1 Å². The Labute approximate surface area is 346 Å². The molecule has 0 spiro atoms. The maximum absolute atomic E-state index is 12.6. The molecule has 0 N–H and O–H groups in total. The highest BCUT2D eigenvalue weighted by molar-refractivity contribution is 5.70. The third kappa shape index (κ3) is 43.8. The van der Waals surface area contributed by atoms with Gasteiger partial charge in [0.2, 0.25) is 0 Å². The fourth-order valence-corrected chi connectivity index (χ4v) is 6.04. The van der Waals surface area contributed by atoms with Crippen molar-refractivity contribution in [2.24, 2.45) is 0 Å². The summed E-state index contributed by atoms with van der Waals surface area (Å²) in [6.07, 6.45) is 60.2. The van der Waals surface area contributed by atoms with Crippen LogP contribution in [0, 0.1) is 0 Å². The highest BCUT2D eigenvalue weighted by Crippen LogP contribution is 2.12. The van der Waals surface area contributed by atoms with E-state index in [2.05, 4.69) is 106 Å². The maximum Gasteiger partial charge on any atom is 0.306 e. The molecule has 0 aliphatic heterocycles. The van der Waals surface area contributed by atoms with E-state index in [9.17, 15) is 9.59 Å². The molecular weight excluding hydrogens is 693 g/mol. The van der Waals surface area contributed by atoms with E-state index in [1.807, 2.05) is 0 Å². The van der Waals surface area contributed by atoms with Crippen molar-refractivity contribution in [1.29, 1.82) is 0 Å². The summed E-state index contributed by atoms with van der Waals surface area (Å²) in [6, 6.07) is 0. The fourth-order valence-electron chi connectivity index (χ4n) is 6.04. The zero-order valence-corrected chi connectivity index (χ0v) is 36.6. The van der Waals surface area contributed by atoms with Crippen LogP contribution in [0.2, 0.25) is 0 Å². The van der Waals surface area contributed by atoms with E-state index < -0.39 is 6.10 Å². The average molecular weight is 779 g/mol. The van der Waals surface area contributed by atoms with E-state index >= 15 is 0 Å². The molecule has 0 aromatic carbocycles. The molecule has 0 fully saturated rings. The molecular formula is C51H86O5. The number of rotatable bonds is 41. The third-order valence-corrected chi connectivity index (χ3v) is 9.43. The van der Waals surface area contributed by atoms with Gasteiger partial charge in [-0.3, -0.25) is 9.59 Å². The van der Waals surface area contributed by atoms with Gasteiger partial charge in [0.05, 0.1) is 6.61 Å². The Morgan fingerprint density at radius 3 is 1.29 bits per heavy atom. The lowest BCUT2D eigenvalue weighted by molar-refractivity contribution is -0.163. The van der Waals surface area contributed by atoms with Gasteiger partial charge in [-0.1, -0.05) is 183 Å². The van der Waals surface area contributed by atoms with E-state index in [1.165, 1.54) is 51.4 Å². The Morgan fingerprint density at radius 2 is 0.804 bits per heavy atom. The second-order valence-corrected chi connectivity index (χ2v) is 14.9. The van der Waals surface area contributed by atoms with Gasteiger partial charge in [-0.15, -0.1) is 0 Å². The largest absolute Gasteiger partial charge is 0.462 e.